The normalized spacial score (nSPS) is 11.4. The van der Waals surface area contributed by atoms with Gasteiger partial charge in [-0.1, -0.05) is 26.2 Å². The molecule has 7 heteroatoms. The number of unbranched alkanes of at least 4 members (excludes halogenated alkanes) is 3. The van der Waals surface area contributed by atoms with Crippen molar-refractivity contribution in [3.63, 3.8) is 0 Å². The van der Waals surface area contributed by atoms with Gasteiger partial charge >= 0.3 is 0 Å². The van der Waals surface area contributed by atoms with E-state index >= 15 is 0 Å². The molecule has 0 atom stereocenters. The standard InChI is InChI=1S/C10H20N2.4BrH.Fe/c1-3-4-5-6-7-12-9-8-11(2)10-12;;;;;/h8-9H,3-7,10H2,1-2H3;4*1H;. The molecule has 0 fully saturated rings. The summed E-state index contributed by atoms with van der Waals surface area (Å²) in [6.07, 6.45) is 9.76. The van der Waals surface area contributed by atoms with Crippen LogP contribution in [0.15, 0.2) is 12.4 Å². The first-order valence-electron chi connectivity index (χ1n) is 4.95. The van der Waals surface area contributed by atoms with Crippen LogP contribution in [0.2, 0.25) is 0 Å². The molecule has 1 rings (SSSR count). The summed E-state index contributed by atoms with van der Waals surface area (Å²) in [5, 5.41) is 0. The fraction of sp³-hybridized carbons (Fsp3) is 0.800. The van der Waals surface area contributed by atoms with Crippen LogP contribution in [0.5, 0.6) is 0 Å². The Hall–Kier alpha value is 1.78. The maximum atomic E-state index is 2.37. The van der Waals surface area contributed by atoms with Crippen molar-refractivity contribution in [2.45, 2.75) is 32.6 Å². The van der Waals surface area contributed by atoms with Gasteiger partial charge in [-0.3, -0.25) is 0 Å². The van der Waals surface area contributed by atoms with E-state index in [2.05, 4.69) is 36.2 Å². The SMILES string of the molecule is Br.Br.Br.Br.CCCCCCN1C=CN(C)C1.[Fe]. The van der Waals surface area contributed by atoms with Crippen molar-refractivity contribution in [2.75, 3.05) is 20.3 Å². The molecule has 0 aromatic rings. The molecule has 0 amide bonds. The third-order valence-electron chi connectivity index (χ3n) is 2.24. The van der Waals surface area contributed by atoms with Gasteiger partial charge < -0.3 is 9.80 Å². The number of halogens is 4. The van der Waals surface area contributed by atoms with Crippen LogP contribution in [0, 0.1) is 0 Å². The van der Waals surface area contributed by atoms with Gasteiger partial charge in [0.1, 0.15) is 0 Å². The summed E-state index contributed by atoms with van der Waals surface area (Å²) in [5.41, 5.74) is 0. The topological polar surface area (TPSA) is 6.48 Å². The Morgan fingerprint density at radius 2 is 1.53 bits per heavy atom. The van der Waals surface area contributed by atoms with E-state index in [9.17, 15) is 0 Å². The number of nitrogens with zero attached hydrogens (tertiary/aromatic N) is 2. The minimum Gasteiger partial charge on any atom is -0.362 e. The zero-order valence-corrected chi connectivity index (χ0v) is 18.2. The van der Waals surface area contributed by atoms with E-state index in [4.69, 9.17) is 0 Å². The predicted octanol–water partition coefficient (Wildman–Crippen LogP) is 4.55. The quantitative estimate of drug-likeness (QED) is 0.368. The number of hydrogen-bond acceptors (Lipinski definition) is 2. The Morgan fingerprint density at radius 1 is 0.941 bits per heavy atom. The number of hydrogen-bond donors (Lipinski definition) is 0. The van der Waals surface area contributed by atoms with Crippen molar-refractivity contribution in [1.82, 2.24) is 9.80 Å². The monoisotopic (exact) mass is 544 g/mol. The summed E-state index contributed by atoms with van der Waals surface area (Å²) in [5.74, 6) is 0. The van der Waals surface area contributed by atoms with Crippen LogP contribution in [0.1, 0.15) is 32.6 Å². The minimum atomic E-state index is 0. The Labute approximate surface area is 158 Å². The molecule has 1 aliphatic rings. The zero-order chi connectivity index (χ0) is 8.81. The van der Waals surface area contributed by atoms with E-state index in [0.717, 1.165) is 6.67 Å². The van der Waals surface area contributed by atoms with Gasteiger partial charge in [-0.25, -0.2) is 0 Å². The van der Waals surface area contributed by atoms with Crippen LogP contribution in [0.3, 0.4) is 0 Å². The average Bonchev–Trinajstić information content (AvgIpc) is 2.45. The minimum absolute atomic E-state index is 0. The van der Waals surface area contributed by atoms with Crippen LogP contribution in [0.25, 0.3) is 0 Å². The van der Waals surface area contributed by atoms with Crippen LogP contribution < -0.4 is 0 Å². The summed E-state index contributed by atoms with van der Waals surface area (Å²) in [6, 6.07) is 0. The molecule has 0 saturated heterocycles. The van der Waals surface area contributed by atoms with Crippen molar-refractivity contribution in [3.05, 3.63) is 12.4 Å². The second-order valence-electron chi connectivity index (χ2n) is 3.57. The van der Waals surface area contributed by atoms with Gasteiger partial charge in [0.15, 0.2) is 0 Å². The maximum absolute atomic E-state index is 2.37. The molecular formula is C10H24Br4FeN2. The first-order valence-corrected chi connectivity index (χ1v) is 4.95. The molecular weight excluding hydrogens is 524 g/mol. The molecule has 1 heterocycles. The van der Waals surface area contributed by atoms with Crippen molar-refractivity contribution in [3.8, 4) is 0 Å². The van der Waals surface area contributed by atoms with Gasteiger partial charge in [0.05, 0.1) is 6.67 Å². The second-order valence-corrected chi connectivity index (χ2v) is 3.57. The third kappa shape index (κ3) is 15.7. The Bertz CT molecular complexity index is 161. The molecule has 0 saturated carbocycles. The van der Waals surface area contributed by atoms with Crippen molar-refractivity contribution in [2.24, 2.45) is 0 Å². The molecule has 110 valence electrons. The summed E-state index contributed by atoms with van der Waals surface area (Å²) in [6.45, 7) is 4.55. The van der Waals surface area contributed by atoms with Crippen molar-refractivity contribution in [1.29, 1.82) is 0 Å². The summed E-state index contributed by atoms with van der Waals surface area (Å²) < 4.78 is 0. The Balaban J connectivity index is -0.0000000960. The molecule has 0 radical (unpaired) electrons. The second kappa shape index (κ2) is 20.1. The molecule has 0 unspecified atom stereocenters. The van der Waals surface area contributed by atoms with Crippen LogP contribution in [-0.4, -0.2) is 30.1 Å². The third-order valence-corrected chi connectivity index (χ3v) is 2.24. The van der Waals surface area contributed by atoms with Gasteiger partial charge in [0.25, 0.3) is 0 Å². The van der Waals surface area contributed by atoms with E-state index in [1.54, 1.807) is 0 Å². The van der Waals surface area contributed by atoms with E-state index in [-0.39, 0.29) is 85.0 Å². The van der Waals surface area contributed by atoms with E-state index in [1.165, 1.54) is 32.2 Å². The molecule has 2 nitrogen and oxygen atoms in total. The largest absolute Gasteiger partial charge is 0.362 e. The molecule has 0 bridgehead atoms. The summed E-state index contributed by atoms with van der Waals surface area (Å²) >= 11 is 0. The van der Waals surface area contributed by atoms with Gasteiger partial charge in [0, 0.05) is 43.1 Å². The average molecular weight is 548 g/mol. The molecule has 0 aromatic heterocycles. The van der Waals surface area contributed by atoms with Crippen LogP contribution >= 0.6 is 67.9 Å². The van der Waals surface area contributed by atoms with Crippen molar-refractivity contribution < 1.29 is 17.1 Å². The summed E-state index contributed by atoms with van der Waals surface area (Å²) in [7, 11) is 2.11. The van der Waals surface area contributed by atoms with Crippen molar-refractivity contribution >= 4 is 67.9 Å². The fourth-order valence-corrected chi connectivity index (χ4v) is 1.48. The molecule has 0 aromatic carbocycles. The summed E-state index contributed by atoms with van der Waals surface area (Å²) in [4.78, 5) is 4.58. The number of rotatable bonds is 5. The van der Waals surface area contributed by atoms with Crippen LogP contribution in [-0.2, 0) is 17.1 Å². The van der Waals surface area contributed by atoms with Crippen LogP contribution in [0.4, 0.5) is 0 Å². The first-order chi connectivity index (χ1) is 5.83. The van der Waals surface area contributed by atoms with E-state index in [1.807, 2.05) is 0 Å². The molecule has 0 spiro atoms. The van der Waals surface area contributed by atoms with Gasteiger partial charge in [-0.2, -0.15) is 0 Å². The zero-order valence-electron chi connectivity index (χ0n) is 10.3. The van der Waals surface area contributed by atoms with Gasteiger partial charge in [0.2, 0.25) is 0 Å². The molecule has 0 aliphatic carbocycles. The molecule has 17 heavy (non-hydrogen) atoms. The predicted molar refractivity (Wildman–Crippen MR) is 93.9 cm³/mol. The Kier molecular flexibility index (Phi) is 37.0. The fourth-order valence-electron chi connectivity index (χ4n) is 1.48. The van der Waals surface area contributed by atoms with Gasteiger partial charge in [-0.15, -0.1) is 67.9 Å². The Morgan fingerprint density at radius 3 is 1.94 bits per heavy atom. The first kappa shape index (κ1) is 31.3. The van der Waals surface area contributed by atoms with Gasteiger partial charge in [-0.05, 0) is 6.42 Å². The van der Waals surface area contributed by atoms with E-state index in [0.29, 0.717) is 0 Å². The maximum Gasteiger partial charge on any atom is 0.0890 e. The van der Waals surface area contributed by atoms with E-state index < -0.39 is 0 Å². The smallest absolute Gasteiger partial charge is 0.0890 e. The molecule has 1 aliphatic heterocycles. The molecule has 0 N–H and O–H groups in total.